The molecular formula is C28H31NO4. The van der Waals surface area contributed by atoms with Crippen LogP contribution in [-0.2, 0) is 0 Å². The van der Waals surface area contributed by atoms with E-state index in [2.05, 4.69) is 12.2 Å². The molecule has 0 bridgehead atoms. The summed E-state index contributed by atoms with van der Waals surface area (Å²) in [6.07, 6.45) is 6.38. The monoisotopic (exact) mass is 445 g/mol. The quantitative estimate of drug-likeness (QED) is 0.235. The van der Waals surface area contributed by atoms with Gasteiger partial charge < -0.3 is 9.47 Å². The molecular weight excluding hydrogens is 414 g/mol. The minimum absolute atomic E-state index is 0.184. The summed E-state index contributed by atoms with van der Waals surface area (Å²) in [6, 6.07) is 22.9. The van der Waals surface area contributed by atoms with Crippen molar-refractivity contribution >= 4 is 17.6 Å². The molecule has 0 atom stereocenters. The molecule has 0 aliphatic carbocycles. The molecule has 0 fully saturated rings. The van der Waals surface area contributed by atoms with Crippen LogP contribution in [0, 0.1) is 0 Å². The van der Waals surface area contributed by atoms with Gasteiger partial charge in [-0.1, -0.05) is 87.6 Å². The maximum Gasteiger partial charge on any atom is 0.417 e. The van der Waals surface area contributed by atoms with Crippen molar-refractivity contribution in [3.63, 3.8) is 0 Å². The van der Waals surface area contributed by atoms with Crippen molar-refractivity contribution in [2.24, 2.45) is 0 Å². The first-order valence-electron chi connectivity index (χ1n) is 11.6. The summed E-state index contributed by atoms with van der Waals surface area (Å²) in [5.41, 5.74) is 1.40. The van der Waals surface area contributed by atoms with E-state index in [4.69, 9.17) is 9.47 Å². The largest absolute Gasteiger partial charge is 0.494 e. The van der Waals surface area contributed by atoms with E-state index in [0.29, 0.717) is 23.6 Å². The summed E-state index contributed by atoms with van der Waals surface area (Å²) in [6.45, 7) is 2.79. The summed E-state index contributed by atoms with van der Waals surface area (Å²) < 4.78 is 11.4. The first-order valence-corrected chi connectivity index (χ1v) is 11.6. The molecule has 3 aromatic carbocycles. The number of rotatable bonds is 12. The van der Waals surface area contributed by atoms with Crippen molar-refractivity contribution in [3.8, 4) is 11.5 Å². The van der Waals surface area contributed by atoms with Crippen LogP contribution in [0.1, 0.15) is 61.4 Å². The normalized spacial score (nSPS) is 10.5. The zero-order valence-electron chi connectivity index (χ0n) is 19.1. The number of carbonyl (C=O) groups is 2. The van der Waals surface area contributed by atoms with Gasteiger partial charge in [0.25, 0.3) is 0 Å². The second-order valence-electron chi connectivity index (χ2n) is 7.85. The van der Waals surface area contributed by atoms with Crippen molar-refractivity contribution in [1.29, 1.82) is 0 Å². The Labute approximate surface area is 195 Å². The van der Waals surface area contributed by atoms with Crippen LogP contribution < -0.4 is 14.8 Å². The molecule has 1 amide bonds. The maximum atomic E-state index is 13.2. The molecule has 5 nitrogen and oxygen atoms in total. The Balaban J connectivity index is 1.70. The number of anilines is 1. The van der Waals surface area contributed by atoms with E-state index in [1.165, 1.54) is 25.7 Å². The fraction of sp³-hybridized carbons (Fsp3) is 0.286. The first kappa shape index (κ1) is 24.1. The van der Waals surface area contributed by atoms with Gasteiger partial charge in [-0.2, -0.15) is 0 Å². The van der Waals surface area contributed by atoms with E-state index in [0.717, 1.165) is 12.8 Å². The predicted molar refractivity (Wildman–Crippen MR) is 131 cm³/mol. The Bertz CT molecular complexity index is 1020. The highest BCUT2D eigenvalue weighted by Crippen LogP contribution is 2.27. The van der Waals surface area contributed by atoms with E-state index >= 15 is 0 Å². The number of nitrogens with one attached hydrogen (secondary N) is 1. The molecule has 0 radical (unpaired) electrons. The Kier molecular flexibility index (Phi) is 9.52. The standard InChI is InChI=1S/C28H31NO4/c1-2-3-4-5-6-13-20-32-24-18-19-26(33-28(31)29-23-16-11-8-12-17-23)25(21-24)27(30)22-14-9-7-10-15-22/h7-12,14-19,21H,2-6,13,20H2,1H3,(H,29,31). The molecule has 0 saturated heterocycles. The van der Waals surface area contributed by atoms with E-state index in [-0.39, 0.29) is 17.1 Å². The van der Waals surface area contributed by atoms with Gasteiger partial charge in [-0.3, -0.25) is 10.1 Å². The van der Waals surface area contributed by atoms with Crippen LogP contribution >= 0.6 is 0 Å². The fourth-order valence-electron chi connectivity index (χ4n) is 3.45. The molecule has 1 N–H and O–H groups in total. The molecule has 0 aliphatic rings. The zero-order chi connectivity index (χ0) is 23.3. The lowest BCUT2D eigenvalue weighted by Crippen LogP contribution is -2.18. The Morgan fingerprint density at radius 3 is 2.18 bits per heavy atom. The SMILES string of the molecule is CCCCCCCCOc1ccc(OC(=O)Nc2ccccc2)c(C(=O)c2ccccc2)c1. The summed E-state index contributed by atoms with van der Waals surface area (Å²) in [7, 11) is 0. The molecule has 0 spiro atoms. The van der Waals surface area contributed by atoms with Crippen molar-refractivity contribution in [3.05, 3.63) is 90.0 Å². The van der Waals surface area contributed by atoms with Gasteiger partial charge in [0.2, 0.25) is 0 Å². The van der Waals surface area contributed by atoms with Crippen molar-refractivity contribution in [2.45, 2.75) is 45.4 Å². The lowest BCUT2D eigenvalue weighted by molar-refractivity contribution is 0.103. The number of ketones is 1. The van der Waals surface area contributed by atoms with Crippen LogP contribution in [-0.4, -0.2) is 18.5 Å². The van der Waals surface area contributed by atoms with Crippen molar-refractivity contribution in [2.75, 3.05) is 11.9 Å². The van der Waals surface area contributed by atoms with Gasteiger partial charge in [0.15, 0.2) is 5.78 Å². The van der Waals surface area contributed by atoms with Gasteiger partial charge in [0.1, 0.15) is 11.5 Å². The van der Waals surface area contributed by atoms with Crippen LogP contribution in [0.5, 0.6) is 11.5 Å². The highest BCUT2D eigenvalue weighted by molar-refractivity contribution is 6.11. The van der Waals surface area contributed by atoms with E-state index in [1.807, 2.05) is 24.3 Å². The summed E-state index contributed by atoms with van der Waals surface area (Å²) in [5.74, 6) is 0.533. The van der Waals surface area contributed by atoms with Gasteiger partial charge in [0, 0.05) is 11.3 Å². The molecule has 5 heteroatoms. The predicted octanol–water partition coefficient (Wildman–Crippen LogP) is 7.27. The minimum atomic E-state index is -0.663. The number of benzene rings is 3. The maximum absolute atomic E-state index is 13.2. The third kappa shape index (κ3) is 7.79. The Morgan fingerprint density at radius 1 is 0.788 bits per heavy atom. The molecule has 0 saturated carbocycles. The number of carbonyl (C=O) groups excluding carboxylic acids is 2. The van der Waals surface area contributed by atoms with Crippen LogP contribution in [0.15, 0.2) is 78.9 Å². The van der Waals surface area contributed by atoms with Crippen LogP contribution in [0.25, 0.3) is 0 Å². The number of para-hydroxylation sites is 1. The molecule has 0 aromatic heterocycles. The number of hydrogen-bond donors (Lipinski definition) is 1. The summed E-state index contributed by atoms with van der Waals surface area (Å²) in [4.78, 5) is 25.6. The summed E-state index contributed by atoms with van der Waals surface area (Å²) in [5, 5.41) is 2.67. The number of hydrogen-bond acceptors (Lipinski definition) is 4. The first-order chi connectivity index (χ1) is 16.2. The zero-order valence-corrected chi connectivity index (χ0v) is 19.1. The number of amides is 1. The smallest absolute Gasteiger partial charge is 0.417 e. The van der Waals surface area contributed by atoms with Gasteiger partial charge in [-0.05, 0) is 36.8 Å². The molecule has 172 valence electrons. The average Bonchev–Trinajstić information content (AvgIpc) is 2.85. The van der Waals surface area contributed by atoms with E-state index in [9.17, 15) is 9.59 Å². The van der Waals surface area contributed by atoms with E-state index < -0.39 is 6.09 Å². The number of unbranched alkanes of at least 4 members (excludes halogenated alkanes) is 5. The third-order valence-corrected chi connectivity index (χ3v) is 5.22. The summed E-state index contributed by atoms with van der Waals surface area (Å²) >= 11 is 0. The lowest BCUT2D eigenvalue weighted by Gasteiger charge is -2.13. The molecule has 33 heavy (non-hydrogen) atoms. The topological polar surface area (TPSA) is 64.6 Å². The van der Waals surface area contributed by atoms with Gasteiger partial charge in [-0.15, -0.1) is 0 Å². The Morgan fingerprint density at radius 2 is 1.45 bits per heavy atom. The molecule has 3 rings (SSSR count). The highest BCUT2D eigenvalue weighted by atomic mass is 16.6. The second-order valence-corrected chi connectivity index (χ2v) is 7.85. The van der Waals surface area contributed by atoms with Crippen LogP contribution in [0.3, 0.4) is 0 Å². The van der Waals surface area contributed by atoms with E-state index in [1.54, 1.807) is 54.6 Å². The lowest BCUT2D eigenvalue weighted by atomic mass is 10.0. The van der Waals surface area contributed by atoms with Crippen LogP contribution in [0.2, 0.25) is 0 Å². The van der Waals surface area contributed by atoms with Gasteiger partial charge in [-0.25, -0.2) is 4.79 Å². The molecule has 0 heterocycles. The molecule has 0 aliphatic heterocycles. The highest BCUT2D eigenvalue weighted by Gasteiger charge is 2.18. The van der Waals surface area contributed by atoms with Crippen LogP contribution in [0.4, 0.5) is 10.5 Å². The third-order valence-electron chi connectivity index (χ3n) is 5.22. The van der Waals surface area contributed by atoms with Crippen molar-refractivity contribution in [1.82, 2.24) is 0 Å². The molecule has 0 unspecified atom stereocenters. The number of ether oxygens (including phenoxy) is 2. The van der Waals surface area contributed by atoms with Crippen molar-refractivity contribution < 1.29 is 19.1 Å². The Hall–Kier alpha value is -3.60. The second kappa shape index (κ2) is 13.1. The van der Waals surface area contributed by atoms with Gasteiger partial charge in [0.05, 0.1) is 12.2 Å². The van der Waals surface area contributed by atoms with Gasteiger partial charge >= 0.3 is 6.09 Å². The minimum Gasteiger partial charge on any atom is -0.494 e. The average molecular weight is 446 g/mol. The molecule has 3 aromatic rings. The fourth-order valence-corrected chi connectivity index (χ4v) is 3.45.